The summed E-state index contributed by atoms with van der Waals surface area (Å²) in [6.07, 6.45) is 2.89. The first-order valence-corrected chi connectivity index (χ1v) is 2.91. The molecule has 2 N–H and O–H groups in total. The van der Waals surface area contributed by atoms with E-state index >= 15 is 0 Å². The maximum Gasteiger partial charge on any atom is 0.317 e. The highest BCUT2D eigenvalue weighted by Gasteiger charge is 2.12. The third kappa shape index (κ3) is 1.04. The van der Waals surface area contributed by atoms with E-state index in [0.717, 1.165) is 18.4 Å². The van der Waals surface area contributed by atoms with Crippen LogP contribution in [0.5, 0.6) is 0 Å². The minimum absolute atomic E-state index is 0.259. The number of hydrogen-bond acceptors (Lipinski definition) is 2. The molecule has 3 heteroatoms. The summed E-state index contributed by atoms with van der Waals surface area (Å²) >= 11 is 0. The second kappa shape index (κ2) is 2.22. The summed E-state index contributed by atoms with van der Waals surface area (Å²) in [4.78, 5) is 0. The zero-order valence-electron chi connectivity index (χ0n) is 5.02. The highest BCUT2D eigenvalue weighted by molar-refractivity contribution is 6.57. The number of nitrogens with one attached hydrogen (secondary N) is 1. The van der Waals surface area contributed by atoms with Crippen LogP contribution in [0.25, 0.3) is 0 Å². The number of rotatable bonds is 1. The van der Waals surface area contributed by atoms with Crippen molar-refractivity contribution in [3.8, 4) is 0 Å². The lowest BCUT2D eigenvalue weighted by Gasteiger charge is -1.95. The molecule has 1 rings (SSSR count). The quantitative estimate of drug-likeness (QED) is 0.467. The van der Waals surface area contributed by atoms with Crippen LogP contribution in [-0.2, 0) is 0 Å². The minimum Gasteiger partial charge on any atom is -0.447 e. The van der Waals surface area contributed by atoms with E-state index in [2.05, 4.69) is 5.32 Å². The van der Waals surface area contributed by atoms with Crippen molar-refractivity contribution in [2.24, 2.45) is 0 Å². The fraction of sp³-hybridized carbons (Fsp3) is 0.600. The lowest BCUT2D eigenvalue weighted by molar-refractivity contribution is 0.586. The van der Waals surface area contributed by atoms with Gasteiger partial charge in [-0.3, -0.25) is 0 Å². The Morgan fingerprint density at radius 1 is 1.88 bits per heavy atom. The van der Waals surface area contributed by atoms with E-state index < -0.39 is 0 Å². The maximum atomic E-state index is 8.94. The van der Waals surface area contributed by atoms with Crippen LogP contribution in [-0.4, -0.2) is 18.5 Å². The van der Waals surface area contributed by atoms with Gasteiger partial charge < -0.3 is 10.3 Å². The van der Waals surface area contributed by atoms with Crippen LogP contribution >= 0.6 is 0 Å². The summed E-state index contributed by atoms with van der Waals surface area (Å²) in [6, 6.07) is 0. The van der Waals surface area contributed by atoms with Crippen LogP contribution in [0.2, 0.25) is 6.82 Å². The maximum absolute atomic E-state index is 8.94. The predicted octanol–water partition coefficient (Wildman–Crippen LogP) is 0.0164. The van der Waals surface area contributed by atoms with Gasteiger partial charge in [-0.05, 0) is 12.6 Å². The van der Waals surface area contributed by atoms with Gasteiger partial charge in [-0.1, -0.05) is 12.3 Å². The van der Waals surface area contributed by atoms with Gasteiger partial charge in [0.05, 0.1) is 0 Å². The Morgan fingerprint density at radius 3 is 2.88 bits per heavy atom. The molecule has 0 aromatic carbocycles. The molecular weight excluding hydrogens is 101 g/mol. The Labute approximate surface area is 49.7 Å². The Hall–Kier alpha value is -0.435. The lowest BCUT2D eigenvalue weighted by Crippen LogP contribution is -2.08. The molecule has 0 saturated heterocycles. The van der Waals surface area contributed by atoms with Crippen LogP contribution in [0.4, 0.5) is 0 Å². The van der Waals surface area contributed by atoms with Gasteiger partial charge in [-0.25, -0.2) is 0 Å². The number of hydrogen-bond donors (Lipinski definition) is 2. The Kier molecular flexibility index (Phi) is 1.58. The molecule has 0 unspecified atom stereocenters. The topological polar surface area (TPSA) is 32.3 Å². The van der Waals surface area contributed by atoms with E-state index in [9.17, 15) is 0 Å². The average molecular weight is 111 g/mol. The van der Waals surface area contributed by atoms with Gasteiger partial charge in [0.1, 0.15) is 0 Å². The van der Waals surface area contributed by atoms with Crippen molar-refractivity contribution in [3.05, 3.63) is 11.7 Å². The highest BCUT2D eigenvalue weighted by atomic mass is 16.2. The zero-order chi connectivity index (χ0) is 5.98. The van der Waals surface area contributed by atoms with E-state index in [1.54, 1.807) is 6.82 Å². The molecule has 1 aliphatic rings. The zero-order valence-corrected chi connectivity index (χ0v) is 5.02. The van der Waals surface area contributed by atoms with E-state index in [1.165, 1.54) is 0 Å². The highest BCUT2D eigenvalue weighted by Crippen LogP contribution is 2.06. The Bertz CT molecular complexity index is 111. The first-order chi connectivity index (χ1) is 3.80. The first-order valence-electron chi connectivity index (χ1n) is 2.91. The molecular formula is C5H10BNO. The molecule has 0 atom stereocenters. The van der Waals surface area contributed by atoms with Crippen molar-refractivity contribution in [1.82, 2.24) is 5.32 Å². The van der Waals surface area contributed by atoms with Crippen LogP contribution in [0.15, 0.2) is 11.7 Å². The first kappa shape index (κ1) is 5.70. The summed E-state index contributed by atoms with van der Waals surface area (Å²) in [7, 11) is 0. The standard InChI is InChI=1S/C5H10BNO/c1-6(8)5-2-3-7-4-5/h4,7-8H,2-3H2,1H3. The van der Waals surface area contributed by atoms with E-state index in [4.69, 9.17) is 5.02 Å². The molecule has 0 bridgehead atoms. The lowest BCUT2D eigenvalue weighted by atomic mass is 9.63. The fourth-order valence-electron chi connectivity index (χ4n) is 0.821. The molecule has 0 saturated carbocycles. The summed E-state index contributed by atoms with van der Waals surface area (Å²) in [5.74, 6) is 0. The summed E-state index contributed by atoms with van der Waals surface area (Å²) in [6.45, 7) is 2.52. The molecule has 0 spiro atoms. The normalized spacial score (nSPS) is 17.5. The fourth-order valence-corrected chi connectivity index (χ4v) is 0.821. The van der Waals surface area contributed by atoms with Crippen molar-refractivity contribution < 1.29 is 5.02 Å². The van der Waals surface area contributed by atoms with Gasteiger partial charge in [-0.15, -0.1) is 0 Å². The van der Waals surface area contributed by atoms with Crippen LogP contribution in [0.3, 0.4) is 0 Å². The van der Waals surface area contributed by atoms with Crippen molar-refractivity contribution in [2.45, 2.75) is 13.2 Å². The van der Waals surface area contributed by atoms with E-state index in [0.29, 0.717) is 0 Å². The molecule has 44 valence electrons. The molecule has 0 aromatic heterocycles. The molecule has 2 nitrogen and oxygen atoms in total. The largest absolute Gasteiger partial charge is 0.447 e. The molecule has 1 heterocycles. The summed E-state index contributed by atoms with van der Waals surface area (Å²) in [5.41, 5.74) is 1.12. The Morgan fingerprint density at radius 2 is 2.62 bits per heavy atom. The van der Waals surface area contributed by atoms with Gasteiger partial charge >= 0.3 is 6.92 Å². The van der Waals surface area contributed by atoms with Crippen molar-refractivity contribution in [2.75, 3.05) is 6.54 Å². The minimum atomic E-state index is -0.259. The monoisotopic (exact) mass is 111 g/mol. The summed E-state index contributed by atoms with van der Waals surface area (Å²) < 4.78 is 0. The van der Waals surface area contributed by atoms with Crippen LogP contribution in [0, 0.1) is 0 Å². The predicted molar refractivity (Wildman–Crippen MR) is 34.5 cm³/mol. The van der Waals surface area contributed by atoms with Gasteiger partial charge in [0.15, 0.2) is 0 Å². The van der Waals surface area contributed by atoms with Crippen LogP contribution in [0.1, 0.15) is 6.42 Å². The molecule has 1 aliphatic heterocycles. The van der Waals surface area contributed by atoms with Crippen molar-refractivity contribution >= 4 is 6.92 Å². The molecule has 0 amide bonds. The molecule has 0 aliphatic carbocycles. The van der Waals surface area contributed by atoms with Gasteiger partial charge in [-0.2, -0.15) is 0 Å². The van der Waals surface area contributed by atoms with Crippen LogP contribution < -0.4 is 5.32 Å². The smallest absolute Gasteiger partial charge is 0.317 e. The molecule has 0 aromatic rings. The molecule has 0 fully saturated rings. The third-order valence-corrected chi connectivity index (χ3v) is 1.38. The van der Waals surface area contributed by atoms with Gasteiger partial charge in [0, 0.05) is 6.54 Å². The molecule has 0 radical (unpaired) electrons. The van der Waals surface area contributed by atoms with Crippen molar-refractivity contribution in [3.63, 3.8) is 0 Å². The van der Waals surface area contributed by atoms with Gasteiger partial charge in [0.25, 0.3) is 0 Å². The van der Waals surface area contributed by atoms with Gasteiger partial charge in [0.2, 0.25) is 0 Å². The van der Waals surface area contributed by atoms with Crippen molar-refractivity contribution in [1.29, 1.82) is 0 Å². The Balaban J connectivity index is 2.45. The average Bonchev–Trinajstić information content (AvgIpc) is 2.12. The second-order valence-corrected chi connectivity index (χ2v) is 2.10. The summed E-state index contributed by atoms with van der Waals surface area (Å²) in [5, 5.41) is 12.0. The van der Waals surface area contributed by atoms with E-state index in [1.807, 2.05) is 6.20 Å². The third-order valence-electron chi connectivity index (χ3n) is 1.38. The van der Waals surface area contributed by atoms with E-state index in [-0.39, 0.29) is 6.92 Å². The second-order valence-electron chi connectivity index (χ2n) is 2.10. The molecule has 8 heavy (non-hydrogen) atoms. The SMILES string of the molecule is CB(O)C1=CNCC1.